The first-order chi connectivity index (χ1) is 7.65. The number of hydrogen-bond donors (Lipinski definition) is 1. The van der Waals surface area contributed by atoms with E-state index in [-0.39, 0.29) is 5.91 Å². The third-order valence-electron chi connectivity index (χ3n) is 3.56. The molecular weight excluding hydrogens is 266 g/mol. The molecule has 0 aliphatic heterocycles. The highest BCUT2D eigenvalue weighted by Crippen LogP contribution is 2.39. The lowest BCUT2D eigenvalue weighted by Crippen LogP contribution is -2.42. The highest BCUT2D eigenvalue weighted by Gasteiger charge is 2.39. The van der Waals surface area contributed by atoms with Gasteiger partial charge in [0.25, 0.3) is 0 Å². The summed E-state index contributed by atoms with van der Waals surface area (Å²) in [5.74, 6) is -0.176. The lowest BCUT2D eigenvalue weighted by atomic mass is 9.69. The first kappa shape index (κ1) is 11.6. The number of primary amides is 1. The molecule has 3 heteroatoms. The number of nitrogens with two attached hydrogens (primary N) is 1. The van der Waals surface area contributed by atoms with Crippen LogP contribution in [-0.4, -0.2) is 5.91 Å². The van der Waals surface area contributed by atoms with E-state index in [1.807, 2.05) is 24.3 Å². The van der Waals surface area contributed by atoms with Crippen molar-refractivity contribution in [3.63, 3.8) is 0 Å². The number of rotatable bonds is 2. The Bertz CT molecular complexity index is 397. The van der Waals surface area contributed by atoms with E-state index < -0.39 is 5.41 Å². The Kier molecular flexibility index (Phi) is 3.33. The van der Waals surface area contributed by atoms with Gasteiger partial charge in [-0.25, -0.2) is 0 Å². The molecule has 0 heterocycles. The Morgan fingerprint density at radius 3 is 2.50 bits per heavy atom. The van der Waals surface area contributed by atoms with Crippen LogP contribution >= 0.6 is 15.9 Å². The van der Waals surface area contributed by atoms with Crippen LogP contribution < -0.4 is 5.73 Å². The second kappa shape index (κ2) is 4.58. The minimum atomic E-state index is -0.429. The Balaban J connectivity index is 2.42. The zero-order valence-electron chi connectivity index (χ0n) is 9.21. The highest BCUT2D eigenvalue weighted by molar-refractivity contribution is 9.10. The first-order valence-corrected chi connectivity index (χ1v) is 6.50. The fraction of sp³-hybridized carbons (Fsp3) is 0.462. The maximum absolute atomic E-state index is 11.8. The Morgan fingerprint density at radius 2 is 1.94 bits per heavy atom. The summed E-state index contributed by atoms with van der Waals surface area (Å²) >= 11 is 3.45. The van der Waals surface area contributed by atoms with E-state index in [4.69, 9.17) is 5.73 Å². The standard InChI is InChI=1S/C13H16BrNO/c14-11-6-4-5-10(9-11)13(12(15)16)7-2-1-3-8-13/h4-6,9H,1-3,7-8H2,(H2,15,16). The fourth-order valence-electron chi connectivity index (χ4n) is 2.62. The van der Waals surface area contributed by atoms with Gasteiger partial charge in [0.2, 0.25) is 5.91 Å². The Labute approximate surface area is 104 Å². The van der Waals surface area contributed by atoms with Crippen molar-refractivity contribution in [3.8, 4) is 0 Å². The van der Waals surface area contributed by atoms with Crippen molar-refractivity contribution in [2.24, 2.45) is 5.73 Å². The van der Waals surface area contributed by atoms with E-state index in [0.717, 1.165) is 35.7 Å². The summed E-state index contributed by atoms with van der Waals surface area (Å²) < 4.78 is 1.01. The van der Waals surface area contributed by atoms with Gasteiger partial charge in [-0.05, 0) is 30.5 Å². The van der Waals surface area contributed by atoms with Crippen LogP contribution in [0.3, 0.4) is 0 Å². The molecular formula is C13H16BrNO. The molecule has 1 saturated carbocycles. The predicted octanol–water partition coefficient (Wildman–Crippen LogP) is 3.14. The van der Waals surface area contributed by atoms with Crippen LogP contribution in [-0.2, 0) is 10.2 Å². The largest absolute Gasteiger partial charge is 0.369 e. The van der Waals surface area contributed by atoms with E-state index in [2.05, 4.69) is 15.9 Å². The topological polar surface area (TPSA) is 43.1 Å². The Hall–Kier alpha value is -0.830. The quantitative estimate of drug-likeness (QED) is 0.889. The molecule has 1 aromatic carbocycles. The summed E-state index contributed by atoms with van der Waals surface area (Å²) in [6.45, 7) is 0. The summed E-state index contributed by atoms with van der Waals surface area (Å²) in [6, 6.07) is 7.98. The van der Waals surface area contributed by atoms with Crippen LogP contribution in [0.5, 0.6) is 0 Å². The van der Waals surface area contributed by atoms with Crippen LogP contribution in [0.4, 0.5) is 0 Å². The Morgan fingerprint density at radius 1 is 1.25 bits per heavy atom. The van der Waals surface area contributed by atoms with Gasteiger partial charge in [-0.15, -0.1) is 0 Å². The normalized spacial score (nSPS) is 19.3. The zero-order valence-corrected chi connectivity index (χ0v) is 10.8. The van der Waals surface area contributed by atoms with Gasteiger partial charge in [0.05, 0.1) is 5.41 Å². The van der Waals surface area contributed by atoms with Crippen molar-refractivity contribution >= 4 is 21.8 Å². The van der Waals surface area contributed by atoms with Crippen molar-refractivity contribution in [2.45, 2.75) is 37.5 Å². The highest BCUT2D eigenvalue weighted by atomic mass is 79.9. The predicted molar refractivity (Wildman–Crippen MR) is 68.1 cm³/mol. The van der Waals surface area contributed by atoms with Gasteiger partial charge < -0.3 is 5.73 Å². The molecule has 0 bridgehead atoms. The molecule has 86 valence electrons. The minimum absolute atomic E-state index is 0.176. The number of benzene rings is 1. The SMILES string of the molecule is NC(=O)C1(c2cccc(Br)c2)CCCCC1. The van der Waals surface area contributed by atoms with Crippen LogP contribution in [0.25, 0.3) is 0 Å². The first-order valence-electron chi connectivity index (χ1n) is 5.71. The third-order valence-corrected chi connectivity index (χ3v) is 4.05. The van der Waals surface area contributed by atoms with E-state index >= 15 is 0 Å². The monoisotopic (exact) mass is 281 g/mol. The van der Waals surface area contributed by atoms with Gasteiger partial charge in [0, 0.05) is 4.47 Å². The zero-order chi connectivity index (χ0) is 11.6. The lowest BCUT2D eigenvalue weighted by Gasteiger charge is -2.34. The number of carbonyl (C=O) groups is 1. The molecule has 0 radical (unpaired) electrons. The molecule has 0 saturated heterocycles. The lowest BCUT2D eigenvalue weighted by molar-refractivity contribution is -0.124. The van der Waals surface area contributed by atoms with Crippen molar-refractivity contribution in [1.82, 2.24) is 0 Å². The minimum Gasteiger partial charge on any atom is -0.369 e. The number of halogens is 1. The summed E-state index contributed by atoms with van der Waals surface area (Å²) in [5.41, 5.74) is 6.27. The molecule has 2 N–H and O–H groups in total. The molecule has 2 nitrogen and oxygen atoms in total. The number of hydrogen-bond acceptors (Lipinski definition) is 1. The summed E-state index contributed by atoms with van der Waals surface area (Å²) in [4.78, 5) is 11.8. The maximum Gasteiger partial charge on any atom is 0.228 e. The van der Waals surface area contributed by atoms with Crippen LogP contribution in [0, 0.1) is 0 Å². The van der Waals surface area contributed by atoms with Gasteiger partial charge in [-0.1, -0.05) is 47.3 Å². The average molecular weight is 282 g/mol. The molecule has 0 unspecified atom stereocenters. The van der Waals surface area contributed by atoms with Gasteiger partial charge in [0.1, 0.15) is 0 Å². The second-order valence-electron chi connectivity index (χ2n) is 4.52. The van der Waals surface area contributed by atoms with Crippen molar-refractivity contribution in [3.05, 3.63) is 34.3 Å². The molecule has 16 heavy (non-hydrogen) atoms. The second-order valence-corrected chi connectivity index (χ2v) is 5.43. The molecule has 1 aliphatic carbocycles. The molecule has 2 rings (SSSR count). The molecule has 0 spiro atoms. The molecule has 1 fully saturated rings. The van der Waals surface area contributed by atoms with E-state index in [9.17, 15) is 4.79 Å². The molecule has 0 atom stereocenters. The smallest absolute Gasteiger partial charge is 0.228 e. The summed E-state index contributed by atoms with van der Waals surface area (Å²) in [5, 5.41) is 0. The molecule has 1 aliphatic rings. The fourth-order valence-corrected chi connectivity index (χ4v) is 3.02. The molecule has 1 aromatic rings. The van der Waals surface area contributed by atoms with Gasteiger partial charge in [-0.2, -0.15) is 0 Å². The van der Waals surface area contributed by atoms with Crippen molar-refractivity contribution in [2.75, 3.05) is 0 Å². The van der Waals surface area contributed by atoms with Gasteiger partial charge in [0.15, 0.2) is 0 Å². The number of amides is 1. The average Bonchev–Trinajstić information content (AvgIpc) is 2.30. The summed E-state index contributed by atoms with van der Waals surface area (Å²) in [6.07, 6.45) is 5.17. The van der Waals surface area contributed by atoms with Gasteiger partial charge >= 0.3 is 0 Å². The van der Waals surface area contributed by atoms with Crippen LogP contribution in [0.2, 0.25) is 0 Å². The third kappa shape index (κ3) is 2.01. The van der Waals surface area contributed by atoms with Crippen molar-refractivity contribution < 1.29 is 4.79 Å². The van der Waals surface area contributed by atoms with Crippen LogP contribution in [0.15, 0.2) is 28.7 Å². The van der Waals surface area contributed by atoms with Gasteiger partial charge in [-0.3, -0.25) is 4.79 Å². The summed E-state index contributed by atoms with van der Waals surface area (Å²) in [7, 11) is 0. The van der Waals surface area contributed by atoms with E-state index in [0.29, 0.717) is 0 Å². The van der Waals surface area contributed by atoms with E-state index in [1.165, 1.54) is 6.42 Å². The maximum atomic E-state index is 11.8. The molecule has 0 aromatic heterocycles. The van der Waals surface area contributed by atoms with E-state index in [1.54, 1.807) is 0 Å². The van der Waals surface area contributed by atoms with Crippen LogP contribution in [0.1, 0.15) is 37.7 Å². The number of carbonyl (C=O) groups excluding carboxylic acids is 1. The van der Waals surface area contributed by atoms with Crippen molar-refractivity contribution in [1.29, 1.82) is 0 Å². The molecule has 1 amide bonds.